The highest BCUT2D eigenvalue weighted by Crippen LogP contribution is 2.43. The van der Waals surface area contributed by atoms with Crippen LogP contribution in [0.1, 0.15) is 252 Å². The van der Waals surface area contributed by atoms with E-state index in [-0.39, 0.29) is 25.9 Å². The topological polar surface area (TPSA) is 155 Å². The second-order valence-corrected chi connectivity index (χ2v) is 22.6. The Bertz CT molecular complexity index is 1970. The van der Waals surface area contributed by atoms with E-state index in [0.717, 1.165) is 167 Å². The maximum atomic E-state index is 13.0. The van der Waals surface area contributed by atoms with Crippen molar-refractivity contribution in [3.8, 4) is 0 Å². The van der Waals surface area contributed by atoms with Crippen LogP contribution >= 0.6 is 7.82 Å². The van der Waals surface area contributed by atoms with Gasteiger partial charge in [0.1, 0.15) is 12.7 Å². The molecule has 3 atom stereocenters. The van der Waals surface area contributed by atoms with E-state index in [2.05, 4.69) is 167 Å². The van der Waals surface area contributed by atoms with Gasteiger partial charge in [-0.05, 0) is 141 Å². The van der Waals surface area contributed by atoms with Crippen molar-refractivity contribution in [2.24, 2.45) is 0 Å². The Labute approximate surface area is 512 Å². The highest BCUT2D eigenvalue weighted by Gasteiger charge is 2.28. The van der Waals surface area contributed by atoms with Crippen LogP contribution in [0.15, 0.2) is 146 Å². The third kappa shape index (κ3) is 61.9. The molecule has 0 bridgehead atoms. The average Bonchev–Trinajstić information content (AvgIpc) is 3.53. The van der Waals surface area contributed by atoms with E-state index < -0.39 is 57.8 Å². The van der Waals surface area contributed by atoms with Crippen LogP contribution in [-0.4, -0.2) is 66.5 Å². The molecule has 0 radical (unpaired) electrons. The lowest BCUT2D eigenvalue weighted by molar-refractivity contribution is -0.161. The van der Waals surface area contributed by atoms with Gasteiger partial charge in [0.25, 0.3) is 0 Å². The van der Waals surface area contributed by atoms with E-state index in [0.29, 0.717) is 19.3 Å². The third-order valence-corrected chi connectivity index (χ3v) is 14.2. The van der Waals surface area contributed by atoms with Gasteiger partial charge in [-0.25, -0.2) is 4.57 Å². The van der Waals surface area contributed by atoms with E-state index in [1.54, 1.807) is 0 Å². The summed E-state index contributed by atoms with van der Waals surface area (Å²) in [6.07, 6.45) is 83.6. The Morgan fingerprint density at radius 3 is 0.964 bits per heavy atom. The summed E-state index contributed by atoms with van der Waals surface area (Å²) in [7, 11) is -4.78. The van der Waals surface area contributed by atoms with Crippen molar-refractivity contribution in [3.63, 3.8) is 0 Å². The van der Waals surface area contributed by atoms with Gasteiger partial charge in [0.15, 0.2) is 6.10 Å². The van der Waals surface area contributed by atoms with Crippen LogP contribution in [0.25, 0.3) is 0 Å². The number of ether oxygens (including phenoxy) is 3. The number of hydrogen-bond donors (Lipinski definition) is 2. The standard InChI is InChI=1S/C72H117O11P/c1-4-7-10-13-16-19-22-25-28-31-34-37-40-43-46-49-52-55-58-61-70(74)79-65-69(83-72(76)63-60-57-54-51-48-45-42-39-36-33-30-27-24-21-18-15-12-9-6-3)67-81-84(77,78)80-66-68(64-73)82-71(75)62-59-56-53-50-47-44-41-38-35-32-29-26-23-20-17-14-11-8-5-2/h8-9,11-12,16-21,25-30,34-39,45,48,68-69,73H,4-7,10,13-15,22-24,31-33,40-44,46-47,49-67H2,1-3H3,(H,77,78)/b11-8-,12-9-,19-16-,20-17-,21-18-,28-25-,29-26-,30-27-,37-34-,38-35-,39-36-,48-45-. The molecule has 3 unspecified atom stereocenters. The van der Waals surface area contributed by atoms with Gasteiger partial charge in [-0.15, -0.1) is 0 Å². The number of unbranched alkanes of at least 4 members (excludes halogenated alkanes) is 18. The first-order chi connectivity index (χ1) is 41.2. The van der Waals surface area contributed by atoms with E-state index in [9.17, 15) is 28.9 Å². The van der Waals surface area contributed by atoms with Crippen LogP contribution in [0.4, 0.5) is 0 Å². The summed E-state index contributed by atoms with van der Waals surface area (Å²) in [6.45, 7) is 4.33. The molecule has 0 aromatic rings. The molecule has 0 amide bonds. The van der Waals surface area contributed by atoms with E-state index >= 15 is 0 Å². The van der Waals surface area contributed by atoms with Gasteiger partial charge in [-0.3, -0.25) is 23.4 Å². The first-order valence-electron chi connectivity index (χ1n) is 32.7. The first-order valence-corrected chi connectivity index (χ1v) is 34.2. The fourth-order valence-electron chi connectivity index (χ4n) is 8.32. The SMILES string of the molecule is CC/C=C\C/C=C\C/C=C\C/C=C\C/C=C\CCCCCC(=O)OC(COC(=O)CCCCCCCC/C=C\C/C=C\C/C=C\CCCCC)COP(=O)(O)OCC(CO)OC(=O)CCCCCCCC/C=C\C/C=C\C/C=C\C/C=C\CC. The molecule has 0 aliphatic heterocycles. The number of esters is 3. The second-order valence-electron chi connectivity index (χ2n) is 21.2. The van der Waals surface area contributed by atoms with Gasteiger partial charge < -0.3 is 24.2 Å². The average molecular weight is 1190 g/mol. The van der Waals surface area contributed by atoms with Gasteiger partial charge in [0, 0.05) is 19.3 Å². The number of carbonyl (C=O) groups excluding carboxylic acids is 3. The lowest BCUT2D eigenvalue weighted by atomic mass is 10.1. The summed E-state index contributed by atoms with van der Waals surface area (Å²) in [5, 5.41) is 9.87. The fraction of sp³-hybridized carbons (Fsp3) is 0.625. The number of aliphatic hydroxyl groups is 1. The lowest BCUT2D eigenvalue weighted by Gasteiger charge is -2.21. The van der Waals surface area contributed by atoms with Crippen molar-refractivity contribution < 1.29 is 52.2 Å². The maximum absolute atomic E-state index is 13.0. The first kappa shape index (κ1) is 79.4. The zero-order chi connectivity index (χ0) is 61.2. The largest absolute Gasteiger partial charge is 0.472 e. The lowest BCUT2D eigenvalue weighted by Crippen LogP contribution is -2.30. The van der Waals surface area contributed by atoms with Crippen molar-refractivity contribution in [3.05, 3.63) is 146 Å². The molecular formula is C72H117O11P. The molecule has 0 aliphatic rings. The van der Waals surface area contributed by atoms with Gasteiger partial charge in [0.05, 0.1) is 19.8 Å². The Morgan fingerprint density at radius 1 is 0.345 bits per heavy atom. The molecule has 0 aliphatic carbocycles. The molecule has 0 saturated heterocycles. The number of allylic oxidation sites excluding steroid dienone is 24. The van der Waals surface area contributed by atoms with Crippen LogP contribution in [0.2, 0.25) is 0 Å². The van der Waals surface area contributed by atoms with Crippen molar-refractivity contribution in [1.29, 1.82) is 0 Å². The summed E-state index contributed by atoms with van der Waals surface area (Å²) in [5.41, 5.74) is 0. The van der Waals surface area contributed by atoms with Crippen LogP contribution in [-0.2, 0) is 42.2 Å². The molecule has 0 fully saturated rings. The normalized spacial score (nSPS) is 14.2. The van der Waals surface area contributed by atoms with E-state index in [1.165, 1.54) is 25.7 Å². The minimum Gasteiger partial charge on any atom is -0.462 e. The Hall–Kier alpha value is -4.64. The van der Waals surface area contributed by atoms with Crippen LogP contribution in [0, 0.1) is 0 Å². The fourth-order valence-corrected chi connectivity index (χ4v) is 9.11. The number of carbonyl (C=O) groups is 3. The van der Waals surface area contributed by atoms with Crippen molar-refractivity contribution >= 4 is 25.7 Å². The minimum atomic E-state index is -4.78. The highest BCUT2D eigenvalue weighted by atomic mass is 31.2. The molecule has 0 aromatic heterocycles. The van der Waals surface area contributed by atoms with Gasteiger partial charge >= 0.3 is 25.7 Å². The van der Waals surface area contributed by atoms with Crippen LogP contribution < -0.4 is 0 Å². The van der Waals surface area contributed by atoms with E-state index in [4.69, 9.17) is 23.3 Å². The molecule has 0 saturated carbocycles. The molecule has 0 aromatic carbocycles. The summed E-state index contributed by atoms with van der Waals surface area (Å²) < 4.78 is 39.7. The smallest absolute Gasteiger partial charge is 0.462 e. The molecular weight excluding hydrogens is 1070 g/mol. The van der Waals surface area contributed by atoms with Crippen LogP contribution in [0.5, 0.6) is 0 Å². The number of phosphoric ester groups is 1. The zero-order valence-electron chi connectivity index (χ0n) is 52.8. The summed E-state index contributed by atoms with van der Waals surface area (Å²) in [6, 6.07) is 0. The minimum absolute atomic E-state index is 0.116. The summed E-state index contributed by atoms with van der Waals surface area (Å²) in [4.78, 5) is 48.8. The molecule has 2 N–H and O–H groups in total. The molecule has 12 heteroatoms. The number of rotatable bonds is 59. The van der Waals surface area contributed by atoms with E-state index in [1.807, 2.05) is 0 Å². The number of hydrogen-bond acceptors (Lipinski definition) is 10. The Morgan fingerprint density at radius 2 is 0.619 bits per heavy atom. The summed E-state index contributed by atoms with van der Waals surface area (Å²) >= 11 is 0. The van der Waals surface area contributed by atoms with Crippen molar-refractivity contribution in [2.75, 3.05) is 26.4 Å². The molecule has 84 heavy (non-hydrogen) atoms. The summed E-state index contributed by atoms with van der Waals surface area (Å²) in [5.74, 6) is -1.54. The zero-order valence-corrected chi connectivity index (χ0v) is 53.7. The van der Waals surface area contributed by atoms with Gasteiger partial charge in [-0.1, -0.05) is 237 Å². The number of phosphoric acid groups is 1. The van der Waals surface area contributed by atoms with Crippen LogP contribution in [0.3, 0.4) is 0 Å². The quantitative estimate of drug-likeness (QED) is 0.0197. The number of aliphatic hydroxyl groups excluding tert-OH is 1. The maximum Gasteiger partial charge on any atom is 0.472 e. The highest BCUT2D eigenvalue weighted by molar-refractivity contribution is 7.47. The predicted molar refractivity (Wildman–Crippen MR) is 352 cm³/mol. The molecule has 11 nitrogen and oxygen atoms in total. The molecule has 0 spiro atoms. The van der Waals surface area contributed by atoms with Gasteiger partial charge in [-0.2, -0.15) is 0 Å². The van der Waals surface area contributed by atoms with Crippen molar-refractivity contribution in [1.82, 2.24) is 0 Å². The monoisotopic (exact) mass is 1190 g/mol. The third-order valence-electron chi connectivity index (χ3n) is 13.2. The Kier molecular flexibility index (Phi) is 60.8. The Balaban J connectivity index is 4.81. The molecule has 0 rings (SSSR count). The molecule has 0 heterocycles. The van der Waals surface area contributed by atoms with Gasteiger partial charge in [0.2, 0.25) is 0 Å². The second kappa shape index (κ2) is 64.4. The van der Waals surface area contributed by atoms with Crippen molar-refractivity contribution in [2.45, 2.75) is 264 Å². The predicted octanol–water partition coefficient (Wildman–Crippen LogP) is 20.3. The molecule has 476 valence electrons.